The van der Waals surface area contributed by atoms with Crippen LogP contribution in [-0.4, -0.2) is 32.4 Å². The summed E-state index contributed by atoms with van der Waals surface area (Å²) >= 11 is 0. The van der Waals surface area contributed by atoms with Crippen LogP contribution in [0.3, 0.4) is 0 Å². The molecular weight excluding hydrogens is 330 g/mol. The summed E-state index contributed by atoms with van der Waals surface area (Å²) in [7, 11) is 0. The Kier molecular flexibility index (Phi) is 5.16. The summed E-state index contributed by atoms with van der Waals surface area (Å²) in [5.74, 6) is 1.21. The highest BCUT2D eigenvalue weighted by Crippen LogP contribution is 2.17. The number of hydrogen-bond acceptors (Lipinski definition) is 5. The summed E-state index contributed by atoms with van der Waals surface area (Å²) in [4.78, 5) is 16.5. The first-order chi connectivity index (χ1) is 12.4. The van der Waals surface area contributed by atoms with Gasteiger partial charge in [-0.1, -0.05) is 12.1 Å². The van der Waals surface area contributed by atoms with Gasteiger partial charge in [0.25, 0.3) is 11.8 Å². The topological polar surface area (TPSA) is 85.8 Å². The van der Waals surface area contributed by atoms with Gasteiger partial charge in [-0.05, 0) is 57.0 Å². The van der Waals surface area contributed by atoms with Crippen molar-refractivity contribution in [3.8, 4) is 11.5 Å². The van der Waals surface area contributed by atoms with Gasteiger partial charge in [-0.3, -0.25) is 9.48 Å². The van der Waals surface area contributed by atoms with Crippen molar-refractivity contribution in [2.24, 2.45) is 5.92 Å². The van der Waals surface area contributed by atoms with Gasteiger partial charge in [0.1, 0.15) is 0 Å². The van der Waals surface area contributed by atoms with E-state index in [1.807, 2.05) is 18.5 Å². The van der Waals surface area contributed by atoms with Gasteiger partial charge >= 0.3 is 0 Å². The predicted molar refractivity (Wildman–Crippen MR) is 97.7 cm³/mol. The molecule has 7 nitrogen and oxygen atoms in total. The van der Waals surface area contributed by atoms with Gasteiger partial charge < -0.3 is 9.84 Å². The third-order valence-corrected chi connectivity index (χ3v) is 4.12. The zero-order valence-electron chi connectivity index (χ0n) is 15.5. The zero-order chi connectivity index (χ0) is 18.7. The number of nitrogens with zero attached hydrogens (tertiary/aromatic N) is 4. The van der Waals surface area contributed by atoms with E-state index in [0.717, 1.165) is 23.5 Å². The number of carbonyl (C=O) groups is 1. The molecule has 0 aliphatic heterocycles. The molecule has 1 unspecified atom stereocenters. The second kappa shape index (κ2) is 7.51. The van der Waals surface area contributed by atoms with Crippen LogP contribution in [0.5, 0.6) is 0 Å². The Balaban J connectivity index is 1.55. The number of aryl methyl sites for hydroxylation is 3. The van der Waals surface area contributed by atoms with Crippen LogP contribution in [0.4, 0.5) is 0 Å². The maximum atomic E-state index is 12.3. The third kappa shape index (κ3) is 4.17. The molecular formula is C19H23N5O2. The van der Waals surface area contributed by atoms with E-state index in [2.05, 4.69) is 33.5 Å². The van der Waals surface area contributed by atoms with Crippen molar-refractivity contribution >= 4 is 5.91 Å². The van der Waals surface area contributed by atoms with E-state index in [1.54, 1.807) is 31.2 Å². The average Bonchev–Trinajstić information content (AvgIpc) is 3.18. The molecule has 1 N–H and O–H groups in total. The van der Waals surface area contributed by atoms with Gasteiger partial charge in [-0.2, -0.15) is 10.1 Å². The molecule has 3 aromatic rings. The van der Waals surface area contributed by atoms with Gasteiger partial charge in [-0.15, -0.1) is 0 Å². The van der Waals surface area contributed by atoms with Crippen LogP contribution in [-0.2, 0) is 6.54 Å². The third-order valence-electron chi connectivity index (χ3n) is 4.12. The number of nitrogens with one attached hydrogen (secondary N) is 1. The lowest BCUT2D eigenvalue weighted by Crippen LogP contribution is -2.30. The maximum absolute atomic E-state index is 12.3. The fourth-order valence-corrected chi connectivity index (χ4v) is 2.77. The van der Waals surface area contributed by atoms with Crippen LogP contribution >= 0.6 is 0 Å². The van der Waals surface area contributed by atoms with E-state index in [1.165, 1.54) is 0 Å². The van der Waals surface area contributed by atoms with Crippen molar-refractivity contribution in [2.45, 2.75) is 34.2 Å². The molecule has 0 fully saturated rings. The zero-order valence-corrected chi connectivity index (χ0v) is 15.5. The fourth-order valence-electron chi connectivity index (χ4n) is 2.77. The van der Waals surface area contributed by atoms with E-state index < -0.39 is 0 Å². The number of hydrogen-bond donors (Lipinski definition) is 1. The van der Waals surface area contributed by atoms with Gasteiger partial charge in [0, 0.05) is 29.9 Å². The highest BCUT2D eigenvalue weighted by atomic mass is 16.5. The van der Waals surface area contributed by atoms with Crippen molar-refractivity contribution in [1.29, 1.82) is 0 Å². The Morgan fingerprint density at radius 3 is 2.54 bits per heavy atom. The Hall–Kier alpha value is -2.96. The van der Waals surface area contributed by atoms with Crippen molar-refractivity contribution in [1.82, 2.24) is 25.2 Å². The molecule has 136 valence electrons. The fraction of sp³-hybridized carbons (Fsp3) is 0.368. The molecule has 26 heavy (non-hydrogen) atoms. The van der Waals surface area contributed by atoms with Gasteiger partial charge in [0.05, 0.1) is 5.69 Å². The van der Waals surface area contributed by atoms with Crippen molar-refractivity contribution in [3.63, 3.8) is 0 Å². The first-order valence-electron chi connectivity index (χ1n) is 8.62. The lowest BCUT2D eigenvalue weighted by molar-refractivity contribution is 0.0946. The number of benzene rings is 1. The summed E-state index contributed by atoms with van der Waals surface area (Å²) in [5, 5.41) is 11.2. The van der Waals surface area contributed by atoms with Gasteiger partial charge in [-0.25, -0.2) is 0 Å². The second-order valence-electron chi connectivity index (χ2n) is 6.65. The minimum atomic E-state index is -0.0986. The highest BCUT2D eigenvalue weighted by Gasteiger charge is 2.12. The average molecular weight is 353 g/mol. The van der Waals surface area contributed by atoms with E-state index in [9.17, 15) is 4.79 Å². The Morgan fingerprint density at radius 2 is 1.96 bits per heavy atom. The second-order valence-corrected chi connectivity index (χ2v) is 6.65. The summed E-state index contributed by atoms with van der Waals surface area (Å²) in [6.45, 7) is 9.24. The van der Waals surface area contributed by atoms with Crippen LogP contribution in [0.25, 0.3) is 11.5 Å². The number of amides is 1. The number of carbonyl (C=O) groups excluding carboxylic acids is 1. The normalized spacial score (nSPS) is 12.2. The molecule has 0 saturated heterocycles. The molecule has 1 amide bonds. The lowest BCUT2D eigenvalue weighted by Gasteiger charge is -2.14. The maximum Gasteiger partial charge on any atom is 0.257 e. The number of rotatable bonds is 6. The van der Waals surface area contributed by atoms with Crippen LogP contribution in [0.1, 0.15) is 34.5 Å². The molecule has 7 heteroatoms. The molecule has 2 aromatic heterocycles. The Bertz CT molecular complexity index is 895. The predicted octanol–water partition coefficient (Wildman–Crippen LogP) is 2.92. The molecule has 0 spiro atoms. The van der Waals surface area contributed by atoms with Crippen LogP contribution in [0.15, 0.2) is 34.9 Å². The molecule has 0 aliphatic rings. The minimum Gasteiger partial charge on any atom is -0.352 e. The van der Waals surface area contributed by atoms with Crippen molar-refractivity contribution in [3.05, 3.63) is 53.1 Å². The summed E-state index contributed by atoms with van der Waals surface area (Å²) in [5.41, 5.74) is 3.53. The SMILES string of the molecule is Cc1cc(C)n(CC(C)CNC(=O)c2ccc(-c3nc(C)no3)cc2)n1. The van der Waals surface area contributed by atoms with E-state index in [0.29, 0.717) is 23.8 Å². The molecule has 2 heterocycles. The van der Waals surface area contributed by atoms with Gasteiger partial charge in [0.15, 0.2) is 5.82 Å². The van der Waals surface area contributed by atoms with Crippen LogP contribution in [0.2, 0.25) is 0 Å². The van der Waals surface area contributed by atoms with Crippen LogP contribution in [0, 0.1) is 26.7 Å². The Labute approximate surface area is 152 Å². The standard InChI is InChI=1S/C19H23N5O2/c1-12(11-24-14(3)9-13(2)22-24)10-20-18(25)16-5-7-17(8-6-16)19-21-15(4)23-26-19/h5-9,12H,10-11H2,1-4H3,(H,20,25). The van der Waals surface area contributed by atoms with Gasteiger partial charge in [0.2, 0.25) is 0 Å². The molecule has 1 aromatic carbocycles. The van der Waals surface area contributed by atoms with E-state index in [-0.39, 0.29) is 11.8 Å². The first kappa shape index (κ1) is 17.8. The molecule has 0 aliphatic carbocycles. The highest BCUT2D eigenvalue weighted by molar-refractivity contribution is 5.94. The van der Waals surface area contributed by atoms with Crippen molar-refractivity contribution < 1.29 is 9.32 Å². The quantitative estimate of drug-likeness (QED) is 0.736. The largest absolute Gasteiger partial charge is 0.352 e. The molecule has 1 atom stereocenters. The molecule has 0 saturated carbocycles. The smallest absolute Gasteiger partial charge is 0.257 e. The minimum absolute atomic E-state index is 0.0986. The lowest BCUT2D eigenvalue weighted by atomic mass is 10.1. The Morgan fingerprint density at radius 1 is 1.23 bits per heavy atom. The molecule has 3 rings (SSSR count). The van der Waals surface area contributed by atoms with E-state index >= 15 is 0 Å². The monoisotopic (exact) mass is 353 g/mol. The molecule has 0 radical (unpaired) electrons. The van der Waals surface area contributed by atoms with Crippen LogP contribution < -0.4 is 5.32 Å². The van der Waals surface area contributed by atoms with Crippen molar-refractivity contribution in [2.75, 3.05) is 6.54 Å². The molecule has 0 bridgehead atoms. The van der Waals surface area contributed by atoms with E-state index in [4.69, 9.17) is 4.52 Å². The summed E-state index contributed by atoms with van der Waals surface area (Å²) < 4.78 is 7.11. The summed E-state index contributed by atoms with van der Waals surface area (Å²) in [6.07, 6.45) is 0. The number of aromatic nitrogens is 4. The first-order valence-corrected chi connectivity index (χ1v) is 8.62. The summed E-state index contributed by atoms with van der Waals surface area (Å²) in [6, 6.07) is 9.19.